The normalized spacial score (nSPS) is 15.3. The highest BCUT2D eigenvalue weighted by Gasteiger charge is 2.19. The minimum atomic E-state index is -0.258. The lowest BCUT2D eigenvalue weighted by Gasteiger charge is -2.08. The molecule has 0 aliphatic heterocycles. The van der Waals surface area contributed by atoms with E-state index in [1.165, 1.54) is 18.9 Å². The Morgan fingerprint density at radius 1 is 1.33 bits per heavy atom. The number of anilines is 1. The Bertz CT molecular complexity index is 339. The standard InChI is InChI=1S/C11H14ClFN2/c12-8-1-4-10(13)11(7-8)15-6-5-14-9-2-3-9/h1,4,7,9,14-15H,2-3,5-6H2. The number of rotatable bonds is 5. The Balaban J connectivity index is 1.78. The Kier molecular flexibility index (Phi) is 3.44. The molecule has 1 fully saturated rings. The molecule has 2 nitrogen and oxygen atoms in total. The molecular formula is C11H14ClFN2. The van der Waals surface area contributed by atoms with Crippen molar-refractivity contribution in [2.45, 2.75) is 18.9 Å². The first-order valence-corrected chi connectivity index (χ1v) is 5.56. The molecule has 0 unspecified atom stereocenters. The van der Waals surface area contributed by atoms with Crippen LogP contribution in [-0.2, 0) is 0 Å². The molecule has 0 aromatic heterocycles. The highest BCUT2D eigenvalue weighted by Crippen LogP contribution is 2.20. The van der Waals surface area contributed by atoms with Gasteiger partial charge in [0.15, 0.2) is 0 Å². The second-order valence-electron chi connectivity index (χ2n) is 3.78. The average molecular weight is 229 g/mol. The average Bonchev–Trinajstić information content (AvgIpc) is 3.01. The van der Waals surface area contributed by atoms with Crippen LogP contribution in [0.2, 0.25) is 5.02 Å². The number of hydrogen-bond acceptors (Lipinski definition) is 2. The maximum Gasteiger partial charge on any atom is 0.146 e. The third-order valence-electron chi connectivity index (χ3n) is 2.38. The molecule has 0 saturated heterocycles. The van der Waals surface area contributed by atoms with Gasteiger partial charge in [-0.25, -0.2) is 4.39 Å². The minimum absolute atomic E-state index is 0.258. The maximum atomic E-state index is 13.2. The van der Waals surface area contributed by atoms with Crippen LogP contribution in [0.3, 0.4) is 0 Å². The van der Waals surface area contributed by atoms with E-state index in [-0.39, 0.29) is 5.82 Å². The second kappa shape index (κ2) is 4.81. The van der Waals surface area contributed by atoms with Crippen molar-refractivity contribution < 1.29 is 4.39 Å². The zero-order valence-electron chi connectivity index (χ0n) is 8.39. The van der Waals surface area contributed by atoms with Crippen molar-refractivity contribution in [1.29, 1.82) is 0 Å². The van der Waals surface area contributed by atoms with E-state index in [0.29, 0.717) is 23.3 Å². The molecular weight excluding hydrogens is 215 g/mol. The fourth-order valence-corrected chi connectivity index (χ4v) is 1.57. The van der Waals surface area contributed by atoms with Gasteiger partial charge in [-0.3, -0.25) is 0 Å². The van der Waals surface area contributed by atoms with Crippen molar-refractivity contribution >= 4 is 17.3 Å². The largest absolute Gasteiger partial charge is 0.381 e. The van der Waals surface area contributed by atoms with Gasteiger partial charge in [-0.2, -0.15) is 0 Å². The van der Waals surface area contributed by atoms with E-state index in [1.807, 2.05) is 0 Å². The van der Waals surface area contributed by atoms with E-state index in [0.717, 1.165) is 6.54 Å². The van der Waals surface area contributed by atoms with Crippen LogP contribution < -0.4 is 10.6 Å². The molecule has 4 heteroatoms. The van der Waals surface area contributed by atoms with Gasteiger partial charge < -0.3 is 10.6 Å². The van der Waals surface area contributed by atoms with E-state index in [1.54, 1.807) is 12.1 Å². The molecule has 1 aromatic rings. The van der Waals surface area contributed by atoms with Gasteiger partial charge in [-0.15, -0.1) is 0 Å². The molecule has 0 spiro atoms. The zero-order valence-corrected chi connectivity index (χ0v) is 9.15. The van der Waals surface area contributed by atoms with Gasteiger partial charge in [-0.05, 0) is 31.0 Å². The molecule has 2 N–H and O–H groups in total. The zero-order chi connectivity index (χ0) is 10.7. The van der Waals surface area contributed by atoms with Crippen molar-refractivity contribution in [3.05, 3.63) is 29.0 Å². The van der Waals surface area contributed by atoms with Gasteiger partial charge in [0.05, 0.1) is 5.69 Å². The first-order valence-electron chi connectivity index (χ1n) is 5.18. The number of hydrogen-bond donors (Lipinski definition) is 2. The predicted molar refractivity (Wildman–Crippen MR) is 60.9 cm³/mol. The van der Waals surface area contributed by atoms with Crippen molar-refractivity contribution in [3.8, 4) is 0 Å². The van der Waals surface area contributed by atoms with Crippen LogP contribution in [0.15, 0.2) is 18.2 Å². The van der Waals surface area contributed by atoms with Crippen molar-refractivity contribution in [1.82, 2.24) is 5.32 Å². The van der Waals surface area contributed by atoms with Crippen molar-refractivity contribution in [3.63, 3.8) is 0 Å². The van der Waals surface area contributed by atoms with Crippen LogP contribution in [0.1, 0.15) is 12.8 Å². The molecule has 2 rings (SSSR count). The first kappa shape index (κ1) is 10.7. The van der Waals surface area contributed by atoms with Gasteiger partial charge in [0.2, 0.25) is 0 Å². The Morgan fingerprint density at radius 2 is 2.13 bits per heavy atom. The lowest BCUT2D eigenvalue weighted by Crippen LogP contribution is -2.24. The van der Waals surface area contributed by atoms with Crippen LogP contribution in [-0.4, -0.2) is 19.1 Å². The molecule has 1 aromatic carbocycles. The SMILES string of the molecule is Fc1ccc(Cl)cc1NCCNC1CC1. The highest BCUT2D eigenvalue weighted by molar-refractivity contribution is 6.30. The topological polar surface area (TPSA) is 24.1 Å². The van der Waals surface area contributed by atoms with Gasteiger partial charge in [0, 0.05) is 24.2 Å². The molecule has 15 heavy (non-hydrogen) atoms. The summed E-state index contributed by atoms with van der Waals surface area (Å²) >= 11 is 5.77. The van der Waals surface area contributed by atoms with Crippen molar-refractivity contribution in [2.75, 3.05) is 18.4 Å². The minimum Gasteiger partial charge on any atom is -0.381 e. The monoisotopic (exact) mass is 228 g/mol. The summed E-state index contributed by atoms with van der Waals surface area (Å²) < 4.78 is 13.2. The van der Waals surface area contributed by atoms with Crippen LogP contribution in [0.4, 0.5) is 10.1 Å². The molecule has 1 saturated carbocycles. The summed E-state index contributed by atoms with van der Waals surface area (Å²) in [5.74, 6) is -0.258. The van der Waals surface area contributed by atoms with E-state index >= 15 is 0 Å². The smallest absolute Gasteiger partial charge is 0.146 e. The highest BCUT2D eigenvalue weighted by atomic mass is 35.5. The Labute approximate surface area is 93.8 Å². The lowest BCUT2D eigenvalue weighted by atomic mass is 10.3. The summed E-state index contributed by atoms with van der Waals surface area (Å²) in [6.07, 6.45) is 2.54. The van der Waals surface area contributed by atoms with Crippen LogP contribution >= 0.6 is 11.6 Å². The quantitative estimate of drug-likeness (QED) is 0.758. The molecule has 1 aliphatic rings. The summed E-state index contributed by atoms with van der Waals surface area (Å²) in [5.41, 5.74) is 0.472. The molecule has 82 valence electrons. The molecule has 0 bridgehead atoms. The fourth-order valence-electron chi connectivity index (χ4n) is 1.39. The molecule has 0 atom stereocenters. The summed E-state index contributed by atoms with van der Waals surface area (Å²) in [6.45, 7) is 1.57. The molecule has 0 amide bonds. The number of halogens is 2. The van der Waals surface area contributed by atoms with E-state index in [4.69, 9.17) is 11.6 Å². The molecule has 0 radical (unpaired) electrons. The van der Waals surface area contributed by atoms with Gasteiger partial charge in [0.25, 0.3) is 0 Å². The van der Waals surface area contributed by atoms with Crippen molar-refractivity contribution in [2.24, 2.45) is 0 Å². The predicted octanol–water partition coefficient (Wildman–Crippen LogP) is 2.64. The first-order chi connectivity index (χ1) is 7.25. The molecule has 1 aliphatic carbocycles. The second-order valence-corrected chi connectivity index (χ2v) is 4.22. The summed E-state index contributed by atoms with van der Waals surface area (Å²) in [6, 6.07) is 5.22. The lowest BCUT2D eigenvalue weighted by molar-refractivity contribution is 0.628. The van der Waals surface area contributed by atoms with Gasteiger partial charge >= 0.3 is 0 Å². The van der Waals surface area contributed by atoms with Gasteiger partial charge in [0.1, 0.15) is 5.82 Å². The third-order valence-corrected chi connectivity index (χ3v) is 2.61. The third kappa shape index (κ3) is 3.36. The van der Waals surface area contributed by atoms with E-state index < -0.39 is 0 Å². The number of nitrogens with one attached hydrogen (secondary N) is 2. The van der Waals surface area contributed by atoms with Crippen LogP contribution in [0.25, 0.3) is 0 Å². The summed E-state index contributed by atoms with van der Waals surface area (Å²) in [5, 5.41) is 6.91. The van der Waals surface area contributed by atoms with E-state index in [2.05, 4.69) is 10.6 Å². The van der Waals surface area contributed by atoms with E-state index in [9.17, 15) is 4.39 Å². The van der Waals surface area contributed by atoms with Crippen LogP contribution in [0, 0.1) is 5.82 Å². The van der Waals surface area contributed by atoms with Crippen LogP contribution in [0.5, 0.6) is 0 Å². The number of benzene rings is 1. The summed E-state index contributed by atoms with van der Waals surface area (Å²) in [4.78, 5) is 0. The van der Waals surface area contributed by atoms with Gasteiger partial charge in [-0.1, -0.05) is 11.6 Å². The maximum absolute atomic E-state index is 13.2. The Morgan fingerprint density at radius 3 is 2.87 bits per heavy atom. The Hall–Kier alpha value is -0.800. The molecule has 0 heterocycles. The summed E-state index contributed by atoms with van der Waals surface area (Å²) in [7, 11) is 0. The fraction of sp³-hybridized carbons (Fsp3) is 0.455.